The van der Waals surface area contributed by atoms with Crippen molar-refractivity contribution in [2.75, 3.05) is 37.8 Å². The average molecular weight is 563 g/mol. The molecular formula is C24H28BrFN6O4. The lowest BCUT2D eigenvalue weighted by Gasteiger charge is -2.24. The van der Waals surface area contributed by atoms with Gasteiger partial charge < -0.3 is 30.7 Å². The Morgan fingerprint density at radius 1 is 1.19 bits per heavy atom. The van der Waals surface area contributed by atoms with Crippen LogP contribution >= 0.6 is 15.9 Å². The fraction of sp³-hybridized carbons (Fsp3) is 0.333. The van der Waals surface area contributed by atoms with Crippen molar-refractivity contribution in [2.24, 2.45) is 0 Å². The number of carbonyl (C=O) groups excluding carboxylic acids is 2. The molecule has 3 rings (SSSR count). The number of likely N-dealkylation sites (N-methyl/N-ethyl adjacent to an activating group) is 1. The Morgan fingerprint density at radius 3 is 2.64 bits per heavy atom. The number of hydrogen-bond donors (Lipinski definition) is 3. The molecule has 10 nitrogen and oxygen atoms in total. The summed E-state index contributed by atoms with van der Waals surface area (Å²) in [5.41, 5.74) is 6.63. The molecule has 0 spiro atoms. The zero-order chi connectivity index (χ0) is 26.5. The van der Waals surface area contributed by atoms with Crippen LogP contribution in [0.5, 0.6) is 5.75 Å². The molecule has 2 amide bonds. The van der Waals surface area contributed by atoms with Gasteiger partial charge in [-0.1, -0.05) is 15.9 Å². The third-order valence-corrected chi connectivity index (χ3v) is 5.21. The van der Waals surface area contributed by atoms with Crippen LogP contribution in [0.3, 0.4) is 0 Å². The lowest BCUT2D eigenvalue weighted by Crippen LogP contribution is -2.41. The smallest absolute Gasteiger partial charge is 0.410 e. The van der Waals surface area contributed by atoms with E-state index in [2.05, 4.69) is 36.5 Å². The number of rotatable bonds is 8. The Morgan fingerprint density at radius 2 is 1.94 bits per heavy atom. The molecule has 0 atom stereocenters. The van der Waals surface area contributed by atoms with E-state index >= 15 is 0 Å². The van der Waals surface area contributed by atoms with E-state index in [4.69, 9.17) is 15.2 Å². The molecular weight excluding hydrogens is 535 g/mol. The summed E-state index contributed by atoms with van der Waals surface area (Å²) in [4.78, 5) is 33.7. The number of nitrogens with zero attached hydrogens (tertiary/aromatic N) is 3. The quantitative estimate of drug-likeness (QED) is 0.274. The molecule has 0 bridgehead atoms. The summed E-state index contributed by atoms with van der Waals surface area (Å²) in [5.74, 6) is -0.0339. The summed E-state index contributed by atoms with van der Waals surface area (Å²) >= 11 is 3.23. The molecule has 0 aliphatic carbocycles. The number of nitrogen functional groups attached to an aromatic ring is 1. The second-order valence-corrected chi connectivity index (χ2v) is 9.83. The van der Waals surface area contributed by atoms with Crippen LogP contribution in [0.25, 0.3) is 10.9 Å². The predicted octanol–water partition coefficient (Wildman–Crippen LogP) is 4.22. The lowest BCUT2D eigenvalue weighted by molar-refractivity contribution is -0.122. The van der Waals surface area contributed by atoms with Crippen molar-refractivity contribution >= 4 is 56.0 Å². The van der Waals surface area contributed by atoms with Crippen molar-refractivity contribution in [2.45, 2.75) is 26.4 Å². The van der Waals surface area contributed by atoms with Crippen molar-refractivity contribution in [3.05, 3.63) is 46.9 Å². The van der Waals surface area contributed by atoms with Gasteiger partial charge in [-0.25, -0.2) is 19.2 Å². The van der Waals surface area contributed by atoms with Gasteiger partial charge in [0.2, 0.25) is 5.91 Å². The van der Waals surface area contributed by atoms with E-state index in [1.165, 1.54) is 24.3 Å². The van der Waals surface area contributed by atoms with Crippen LogP contribution in [-0.2, 0) is 9.53 Å². The molecule has 12 heteroatoms. The molecule has 0 saturated heterocycles. The number of benzene rings is 2. The number of anilines is 3. The van der Waals surface area contributed by atoms with Gasteiger partial charge in [-0.3, -0.25) is 4.79 Å². The molecule has 0 saturated carbocycles. The van der Waals surface area contributed by atoms with Crippen molar-refractivity contribution in [3.8, 4) is 5.75 Å². The van der Waals surface area contributed by atoms with Gasteiger partial charge in [0, 0.05) is 23.0 Å². The van der Waals surface area contributed by atoms with E-state index in [0.717, 1.165) is 0 Å². The topological polar surface area (TPSA) is 132 Å². The SMILES string of the molecule is CN(CC(=O)NCCOc1cc2ncnc(Nc3ccc(Br)cc3F)c2cc1N)C(=O)OC(C)(C)C. The molecule has 0 aliphatic rings. The first-order valence-electron chi connectivity index (χ1n) is 11.0. The van der Waals surface area contributed by atoms with Crippen molar-refractivity contribution < 1.29 is 23.5 Å². The number of fused-ring (bicyclic) bond motifs is 1. The zero-order valence-electron chi connectivity index (χ0n) is 20.4. The molecule has 0 aliphatic heterocycles. The molecule has 0 unspecified atom stereocenters. The van der Waals surface area contributed by atoms with Gasteiger partial charge in [0.1, 0.15) is 42.5 Å². The zero-order valence-corrected chi connectivity index (χ0v) is 22.0. The second kappa shape index (κ2) is 11.4. The molecule has 3 aromatic rings. The van der Waals surface area contributed by atoms with Gasteiger partial charge in [-0.2, -0.15) is 0 Å². The van der Waals surface area contributed by atoms with Gasteiger partial charge in [0.15, 0.2) is 0 Å². The van der Waals surface area contributed by atoms with Crippen molar-refractivity contribution in [1.82, 2.24) is 20.2 Å². The number of nitrogens with one attached hydrogen (secondary N) is 2. The maximum absolute atomic E-state index is 14.2. The Kier molecular flexibility index (Phi) is 8.51. The monoisotopic (exact) mass is 562 g/mol. The highest BCUT2D eigenvalue weighted by Crippen LogP contribution is 2.32. The molecule has 0 radical (unpaired) electrons. The van der Waals surface area contributed by atoms with Crippen LogP contribution in [0, 0.1) is 5.82 Å². The van der Waals surface area contributed by atoms with Crippen LogP contribution in [-0.4, -0.2) is 59.2 Å². The Labute approximate surface area is 216 Å². The molecule has 2 aromatic carbocycles. The summed E-state index contributed by atoms with van der Waals surface area (Å²) in [6, 6.07) is 7.93. The normalized spacial score (nSPS) is 11.2. The number of carbonyl (C=O) groups is 2. The van der Waals surface area contributed by atoms with Gasteiger partial charge >= 0.3 is 6.09 Å². The molecule has 0 fully saturated rings. The third-order valence-electron chi connectivity index (χ3n) is 4.72. The molecule has 1 heterocycles. The molecule has 192 valence electrons. The summed E-state index contributed by atoms with van der Waals surface area (Å²) in [5, 5.41) is 6.22. The number of nitrogens with two attached hydrogens (primary N) is 1. The number of aromatic nitrogens is 2. The van der Waals surface area contributed by atoms with Gasteiger partial charge in [-0.05, 0) is 45.0 Å². The highest BCUT2D eigenvalue weighted by atomic mass is 79.9. The lowest BCUT2D eigenvalue weighted by atomic mass is 10.2. The maximum atomic E-state index is 14.2. The van der Waals surface area contributed by atoms with E-state index in [1.54, 1.807) is 45.0 Å². The van der Waals surface area contributed by atoms with Gasteiger partial charge in [-0.15, -0.1) is 0 Å². The minimum atomic E-state index is -0.646. The van der Waals surface area contributed by atoms with E-state index in [9.17, 15) is 14.0 Å². The largest absolute Gasteiger partial charge is 0.490 e. The summed E-state index contributed by atoms with van der Waals surface area (Å²) in [6.07, 6.45) is 0.763. The maximum Gasteiger partial charge on any atom is 0.410 e. The number of halogens is 2. The van der Waals surface area contributed by atoms with Gasteiger partial charge in [0.25, 0.3) is 0 Å². The first-order valence-corrected chi connectivity index (χ1v) is 11.8. The number of amides is 2. The van der Waals surface area contributed by atoms with Crippen LogP contribution in [0.1, 0.15) is 20.8 Å². The summed E-state index contributed by atoms with van der Waals surface area (Å²) in [6.45, 7) is 5.43. The van der Waals surface area contributed by atoms with Crippen molar-refractivity contribution in [3.63, 3.8) is 0 Å². The number of ether oxygens (including phenoxy) is 2. The van der Waals surface area contributed by atoms with E-state index < -0.39 is 17.5 Å². The summed E-state index contributed by atoms with van der Waals surface area (Å²) < 4.78 is 25.8. The molecule has 1 aromatic heterocycles. The van der Waals surface area contributed by atoms with E-state index in [0.29, 0.717) is 32.6 Å². The molecule has 4 N–H and O–H groups in total. The van der Waals surface area contributed by atoms with Crippen LogP contribution in [0.4, 0.5) is 26.4 Å². The second-order valence-electron chi connectivity index (χ2n) is 8.91. The van der Waals surface area contributed by atoms with Crippen molar-refractivity contribution in [1.29, 1.82) is 0 Å². The first kappa shape index (κ1) is 26.9. The highest BCUT2D eigenvalue weighted by Gasteiger charge is 2.21. The Hall–Kier alpha value is -3.67. The van der Waals surface area contributed by atoms with E-state index in [1.807, 2.05) is 0 Å². The minimum absolute atomic E-state index is 0.137. The van der Waals surface area contributed by atoms with Crippen LogP contribution < -0.4 is 21.1 Å². The Bertz CT molecular complexity index is 1270. The first-order chi connectivity index (χ1) is 16.9. The third kappa shape index (κ3) is 7.41. The fourth-order valence-corrected chi connectivity index (χ4v) is 3.40. The average Bonchev–Trinajstić information content (AvgIpc) is 2.78. The molecule has 36 heavy (non-hydrogen) atoms. The van der Waals surface area contributed by atoms with Crippen LogP contribution in [0.15, 0.2) is 41.1 Å². The minimum Gasteiger partial charge on any atom is -0.490 e. The predicted molar refractivity (Wildman–Crippen MR) is 139 cm³/mol. The van der Waals surface area contributed by atoms with E-state index in [-0.39, 0.29) is 31.3 Å². The fourth-order valence-electron chi connectivity index (χ4n) is 3.07. The standard InChI is InChI=1S/C24H28BrFN6O4/c1-24(2,3)36-23(34)32(4)12-21(33)28-7-8-35-20-11-19-15(10-17(20)27)22(30-13-29-19)31-18-6-5-14(25)9-16(18)26/h5-6,9-11,13H,7-8,12,27H2,1-4H3,(H,28,33)(H,29,30,31). The van der Waals surface area contributed by atoms with Gasteiger partial charge in [0.05, 0.1) is 23.4 Å². The number of hydrogen-bond acceptors (Lipinski definition) is 8. The van der Waals surface area contributed by atoms with Crippen LogP contribution in [0.2, 0.25) is 0 Å². The Balaban J connectivity index is 1.58. The highest BCUT2D eigenvalue weighted by molar-refractivity contribution is 9.10. The summed E-state index contributed by atoms with van der Waals surface area (Å²) in [7, 11) is 1.48.